The average Bonchev–Trinajstić information content (AvgIpc) is 2.65. The Morgan fingerprint density at radius 2 is 2.13 bits per heavy atom. The van der Waals surface area contributed by atoms with Crippen LogP contribution in [0.5, 0.6) is 0 Å². The van der Waals surface area contributed by atoms with E-state index in [1.54, 1.807) is 0 Å². The first-order valence-corrected chi connectivity index (χ1v) is 5.16. The lowest BCUT2D eigenvalue weighted by Crippen LogP contribution is -2.39. The Labute approximate surface area is 88.7 Å². The Balaban J connectivity index is 0.000000151. The van der Waals surface area contributed by atoms with Gasteiger partial charge in [0.15, 0.2) is 6.10 Å². The summed E-state index contributed by atoms with van der Waals surface area (Å²) in [6.07, 6.45) is 3.19. The number of nitrogens with one attached hydrogen (secondary N) is 1. The van der Waals surface area contributed by atoms with Crippen molar-refractivity contribution in [1.82, 2.24) is 5.43 Å². The van der Waals surface area contributed by atoms with Crippen molar-refractivity contribution in [2.75, 3.05) is 13.2 Å². The number of hydrogen-bond donors (Lipinski definition) is 3. The molecule has 2 aliphatic rings. The van der Waals surface area contributed by atoms with Crippen LogP contribution >= 0.6 is 0 Å². The van der Waals surface area contributed by atoms with Gasteiger partial charge in [0, 0.05) is 13.0 Å². The number of rotatable bonds is 1. The lowest BCUT2D eigenvalue weighted by Gasteiger charge is -2.20. The normalized spacial score (nSPS) is 30.4. The first-order valence-electron chi connectivity index (χ1n) is 5.16. The maximum atomic E-state index is 10.1. The summed E-state index contributed by atoms with van der Waals surface area (Å²) in [5, 5.41) is 8.52. The van der Waals surface area contributed by atoms with Gasteiger partial charge >= 0.3 is 5.97 Å². The number of hydrogen-bond acceptors (Lipinski definition) is 6. The Morgan fingerprint density at radius 3 is 2.40 bits per heavy atom. The molecule has 0 amide bonds. The van der Waals surface area contributed by atoms with Crippen LogP contribution in [0.4, 0.5) is 0 Å². The summed E-state index contributed by atoms with van der Waals surface area (Å²) in [4.78, 5) is 10.1. The molecule has 0 radical (unpaired) electrons. The number of ether oxygens (including phenoxy) is 2. The molecule has 88 valence electrons. The molecule has 0 saturated carbocycles. The van der Waals surface area contributed by atoms with E-state index in [9.17, 15) is 4.79 Å². The molecule has 0 bridgehead atoms. The summed E-state index contributed by atoms with van der Waals surface area (Å²) in [5.74, 6) is 4.64. The van der Waals surface area contributed by atoms with Crippen LogP contribution in [-0.2, 0) is 14.3 Å². The third-order valence-electron chi connectivity index (χ3n) is 2.27. The van der Waals surface area contributed by atoms with Crippen LogP contribution in [0.2, 0.25) is 0 Å². The molecule has 2 fully saturated rings. The molecule has 2 aliphatic heterocycles. The van der Waals surface area contributed by atoms with E-state index < -0.39 is 12.1 Å². The minimum Gasteiger partial charge on any atom is -0.464 e. The Kier molecular flexibility index (Phi) is 5.56. The number of hydrazine groups is 1. The molecule has 6 heteroatoms. The van der Waals surface area contributed by atoms with Gasteiger partial charge in [-0.25, -0.2) is 10.2 Å². The zero-order valence-corrected chi connectivity index (χ0v) is 8.65. The highest BCUT2D eigenvalue weighted by Crippen LogP contribution is 2.08. The standard InChI is InChI=1S/C5H12N2O.C4H6O3/c6-7-5-3-1-2-4-8-5;5-3-1-2-7-4(3)6/h5,7H,1-4,6H2;3,5H,1-2H2. The minimum absolute atomic E-state index is 0.115. The zero-order valence-electron chi connectivity index (χ0n) is 8.65. The fourth-order valence-electron chi connectivity index (χ4n) is 1.36. The number of carbonyl (C=O) groups excluding carboxylic acids is 1. The highest BCUT2D eigenvalue weighted by atomic mass is 16.6. The van der Waals surface area contributed by atoms with Crippen molar-refractivity contribution in [3.8, 4) is 0 Å². The van der Waals surface area contributed by atoms with Crippen LogP contribution in [0.25, 0.3) is 0 Å². The van der Waals surface area contributed by atoms with Crippen LogP contribution in [0.1, 0.15) is 25.7 Å². The summed E-state index contributed by atoms with van der Waals surface area (Å²) in [5.41, 5.74) is 2.58. The largest absolute Gasteiger partial charge is 0.464 e. The van der Waals surface area contributed by atoms with Crippen molar-refractivity contribution in [1.29, 1.82) is 0 Å². The molecule has 0 aromatic heterocycles. The fourth-order valence-corrected chi connectivity index (χ4v) is 1.36. The van der Waals surface area contributed by atoms with Gasteiger partial charge in [-0.15, -0.1) is 0 Å². The van der Waals surface area contributed by atoms with E-state index in [1.165, 1.54) is 12.8 Å². The predicted molar refractivity (Wildman–Crippen MR) is 52.5 cm³/mol. The molecule has 2 atom stereocenters. The monoisotopic (exact) mass is 218 g/mol. The third-order valence-corrected chi connectivity index (χ3v) is 2.27. The second-order valence-electron chi connectivity index (χ2n) is 3.49. The van der Waals surface area contributed by atoms with Crippen LogP contribution < -0.4 is 11.3 Å². The number of carbonyl (C=O) groups is 1. The fraction of sp³-hybridized carbons (Fsp3) is 0.889. The molecule has 0 spiro atoms. The Bertz CT molecular complexity index is 195. The number of aliphatic hydroxyl groups is 1. The number of esters is 1. The van der Waals surface area contributed by atoms with Crippen LogP contribution in [0.3, 0.4) is 0 Å². The van der Waals surface area contributed by atoms with Gasteiger partial charge < -0.3 is 14.6 Å². The number of cyclic esters (lactones) is 1. The molecule has 0 aliphatic carbocycles. The van der Waals surface area contributed by atoms with E-state index in [1.807, 2.05) is 0 Å². The minimum atomic E-state index is -0.847. The molecule has 2 unspecified atom stereocenters. The van der Waals surface area contributed by atoms with Crippen LogP contribution in [-0.4, -0.2) is 36.6 Å². The first-order chi connectivity index (χ1) is 7.24. The predicted octanol–water partition coefficient (Wildman–Crippen LogP) is -0.730. The van der Waals surface area contributed by atoms with Crippen molar-refractivity contribution < 1.29 is 19.4 Å². The highest BCUT2D eigenvalue weighted by molar-refractivity contribution is 5.75. The van der Waals surface area contributed by atoms with Gasteiger partial charge in [-0.2, -0.15) is 0 Å². The van der Waals surface area contributed by atoms with E-state index >= 15 is 0 Å². The molecule has 15 heavy (non-hydrogen) atoms. The molecule has 2 heterocycles. The second-order valence-corrected chi connectivity index (χ2v) is 3.49. The first kappa shape index (κ1) is 12.4. The summed E-state index contributed by atoms with van der Waals surface area (Å²) >= 11 is 0. The van der Waals surface area contributed by atoms with Crippen LogP contribution in [0.15, 0.2) is 0 Å². The van der Waals surface area contributed by atoms with Gasteiger partial charge in [0.25, 0.3) is 0 Å². The molecular formula is C9H18N2O4. The topological polar surface area (TPSA) is 93.8 Å². The third kappa shape index (κ3) is 4.57. The van der Waals surface area contributed by atoms with Gasteiger partial charge in [-0.1, -0.05) is 0 Å². The van der Waals surface area contributed by atoms with Crippen molar-refractivity contribution in [2.24, 2.45) is 5.84 Å². The molecule has 0 aromatic rings. The quantitative estimate of drug-likeness (QED) is 0.305. The van der Waals surface area contributed by atoms with Crippen molar-refractivity contribution >= 4 is 5.97 Å². The summed E-state index contributed by atoms with van der Waals surface area (Å²) in [6.45, 7) is 1.23. The molecule has 2 rings (SSSR count). The van der Waals surface area contributed by atoms with E-state index in [2.05, 4.69) is 10.2 Å². The highest BCUT2D eigenvalue weighted by Gasteiger charge is 2.22. The molecule has 4 N–H and O–H groups in total. The van der Waals surface area contributed by atoms with E-state index in [0.717, 1.165) is 13.0 Å². The molecule has 0 aromatic carbocycles. The summed E-state index contributed by atoms with van der Waals surface area (Å²) < 4.78 is 9.57. The Hall–Kier alpha value is -0.690. The van der Waals surface area contributed by atoms with E-state index in [0.29, 0.717) is 13.0 Å². The molecular weight excluding hydrogens is 200 g/mol. The summed E-state index contributed by atoms with van der Waals surface area (Å²) in [7, 11) is 0. The maximum Gasteiger partial charge on any atom is 0.335 e. The maximum absolute atomic E-state index is 10.1. The van der Waals surface area contributed by atoms with Crippen molar-refractivity contribution in [3.05, 3.63) is 0 Å². The smallest absolute Gasteiger partial charge is 0.335 e. The summed E-state index contributed by atoms with van der Waals surface area (Å²) in [6, 6.07) is 0. The van der Waals surface area contributed by atoms with E-state index in [4.69, 9.17) is 15.7 Å². The number of nitrogens with two attached hydrogens (primary N) is 1. The SMILES string of the molecule is NNC1CCCCO1.O=C1OCCC1O. The Morgan fingerprint density at radius 1 is 1.33 bits per heavy atom. The van der Waals surface area contributed by atoms with Crippen LogP contribution in [0, 0.1) is 0 Å². The number of aliphatic hydroxyl groups excluding tert-OH is 1. The lowest BCUT2D eigenvalue weighted by molar-refractivity contribution is -0.144. The molecule has 6 nitrogen and oxygen atoms in total. The van der Waals surface area contributed by atoms with Gasteiger partial charge in [0.2, 0.25) is 0 Å². The van der Waals surface area contributed by atoms with Gasteiger partial charge in [-0.3, -0.25) is 5.84 Å². The second kappa shape index (κ2) is 6.73. The van der Waals surface area contributed by atoms with Gasteiger partial charge in [-0.05, 0) is 19.3 Å². The average molecular weight is 218 g/mol. The van der Waals surface area contributed by atoms with Crippen molar-refractivity contribution in [2.45, 2.75) is 38.0 Å². The van der Waals surface area contributed by atoms with E-state index in [-0.39, 0.29) is 6.23 Å². The van der Waals surface area contributed by atoms with Crippen molar-refractivity contribution in [3.63, 3.8) is 0 Å². The lowest BCUT2D eigenvalue weighted by atomic mass is 10.2. The van der Waals surface area contributed by atoms with Gasteiger partial charge in [0.1, 0.15) is 6.23 Å². The van der Waals surface area contributed by atoms with Gasteiger partial charge in [0.05, 0.1) is 6.61 Å². The zero-order chi connectivity index (χ0) is 11.1. The molecule has 2 saturated heterocycles.